The van der Waals surface area contributed by atoms with Gasteiger partial charge in [-0.25, -0.2) is 0 Å². The maximum Gasteiger partial charge on any atom is 0.311 e. The van der Waals surface area contributed by atoms with Gasteiger partial charge in [0.2, 0.25) is 5.89 Å². The molecule has 7 nitrogen and oxygen atoms in total. The molecule has 3 rings (SSSR count). The van der Waals surface area contributed by atoms with Crippen LogP contribution in [0.15, 0.2) is 46.3 Å². The van der Waals surface area contributed by atoms with Gasteiger partial charge in [0.1, 0.15) is 5.75 Å². The molecule has 0 aliphatic heterocycles. The van der Waals surface area contributed by atoms with E-state index in [1.165, 1.54) is 11.3 Å². The van der Waals surface area contributed by atoms with Crippen molar-refractivity contribution in [1.29, 1.82) is 0 Å². The van der Waals surface area contributed by atoms with Gasteiger partial charge in [-0.15, -0.1) is 11.3 Å². The third kappa shape index (κ3) is 5.00. The van der Waals surface area contributed by atoms with Crippen LogP contribution in [0.1, 0.15) is 34.2 Å². The molecular weight excluding hydrogens is 354 g/mol. The molecule has 0 atom stereocenters. The van der Waals surface area contributed by atoms with Crippen molar-refractivity contribution in [2.45, 2.75) is 26.2 Å². The highest BCUT2D eigenvalue weighted by atomic mass is 32.1. The number of aryl methyl sites for hydroxylation is 2. The topological polar surface area (TPSA) is 94.3 Å². The summed E-state index contributed by atoms with van der Waals surface area (Å²) in [6.45, 7) is 1.74. The van der Waals surface area contributed by atoms with Crippen molar-refractivity contribution in [2.24, 2.45) is 0 Å². The molecule has 26 heavy (non-hydrogen) atoms. The zero-order valence-electron chi connectivity index (χ0n) is 14.1. The van der Waals surface area contributed by atoms with E-state index in [0.29, 0.717) is 40.9 Å². The van der Waals surface area contributed by atoms with Crippen molar-refractivity contribution in [3.05, 3.63) is 58.4 Å². The van der Waals surface area contributed by atoms with Gasteiger partial charge in [-0.3, -0.25) is 9.59 Å². The van der Waals surface area contributed by atoms with Crippen molar-refractivity contribution in [3.63, 3.8) is 0 Å². The minimum Gasteiger partial charge on any atom is -0.427 e. The lowest BCUT2D eigenvalue weighted by atomic mass is 10.2. The summed E-state index contributed by atoms with van der Waals surface area (Å²) in [6, 6.07) is 10.2. The van der Waals surface area contributed by atoms with Crippen LogP contribution in [0.5, 0.6) is 5.75 Å². The Hall–Kier alpha value is -3.00. The number of nitrogens with zero attached hydrogens (tertiary/aromatic N) is 2. The van der Waals surface area contributed by atoms with Crippen LogP contribution in [0.4, 0.5) is 5.69 Å². The average Bonchev–Trinajstić information content (AvgIpc) is 3.28. The Labute approximate surface area is 154 Å². The number of thiophene rings is 1. The second kappa shape index (κ2) is 8.39. The SMILES string of the molecule is Cc1noc(CCCC(=O)Oc2ccc(NC(=O)c3cccs3)cc2)n1. The van der Waals surface area contributed by atoms with Gasteiger partial charge in [0, 0.05) is 18.5 Å². The lowest BCUT2D eigenvalue weighted by Gasteiger charge is -2.06. The molecule has 0 fully saturated rings. The number of carbonyl (C=O) groups is 2. The molecule has 0 unspecified atom stereocenters. The number of anilines is 1. The molecule has 2 aromatic heterocycles. The third-order valence-corrected chi connectivity index (χ3v) is 4.30. The molecule has 3 aromatic rings. The van der Waals surface area contributed by atoms with Gasteiger partial charge in [-0.05, 0) is 49.1 Å². The third-order valence-electron chi connectivity index (χ3n) is 3.43. The predicted octanol–water partition coefficient (Wildman–Crippen LogP) is 3.62. The molecule has 8 heteroatoms. The molecule has 1 aromatic carbocycles. The maximum atomic E-state index is 12.0. The van der Waals surface area contributed by atoms with E-state index in [0.717, 1.165) is 0 Å². The first-order valence-corrected chi connectivity index (χ1v) is 8.93. The highest BCUT2D eigenvalue weighted by Crippen LogP contribution is 2.18. The Kier molecular flexibility index (Phi) is 5.75. The fourth-order valence-corrected chi connectivity index (χ4v) is 2.83. The van der Waals surface area contributed by atoms with Crippen molar-refractivity contribution in [3.8, 4) is 5.75 Å². The number of esters is 1. The summed E-state index contributed by atoms with van der Waals surface area (Å²) in [6.07, 6.45) is 1.34. The number of nitrogens with one attached hydrogen (secondary N) is 1. The molecule has 2 heterocycles. The van der Waals surface area contributed by atoms with Gasteiger partial charge in [0.05, 0.1) is 4.88 Å². The Morgan fingerprint density at radius 3 is 2.69 bits per heavy atom. The lowest BCUT2D eigenvalue weighted by molar-refractivity contribution is -0.134. The largest absolute Gasteiger partial charge is 0.427 e. The Bertz CT molecular complexity index is 872. The zero-order valence-corrected chi connectivity index (χ0v) is 14.9. The normalized spacial score (nSPS) is 10.5. The monoisotopic (exact) mass is 371 g/mol. The van der Waals surface area contributed by atoms with Crippen LogP contribution < -0.4 is 10.1 Å². The number of amides is 1. The van der Waals surface area contributed by atoms with Gasteiger partial charge < -0.3 is 14.6 Å². The van der Waals surface area contributed by atoms with Gasteiger partial charge in [0.25, 0.3) is 5.91 Å². The molecule has 134 valence electrons. The zero-order chi connectivity index (χ0) is 18.4. The molecule has 0 saturated carbocycles. The Morgan fingerprint density at radius 1 is 1.23 bits per heavy atom. The summed E-state index contributed by atoms with van der Waals surface area (Å²) in [7, 11) is 0. The fourth-order valence-electron chi connectivity index (χ4n) is 2.21. The molecular formula is C18H17N3O4S. The molecule has 0 radical (unpaired) electrons. The first-order valence-electron chi connectivity index (χ1n) is 8.05. The second-order valence-electron chi connectivity index (χ2n) is 5.52. The summed E-state index contributed by atoms with van der Waals surface area (Å²) in [5.74, 6) is 1.02. The second-order valence-corrected chi connectivity index (χ2v) is 6.47. The summed E-state index contributed by atoms with van der Waals surface area (Å²) >= 11 is 1.37. The van der Waals surface area contributed by atoms with Crippen LogP contribution in [0.25, 0.3) is 0 Å². The Balaban J connectivity index is 1.44. The molecule has 1 N–H and O–H groups in total. The summed E-state index contributed by atoms with van der Waals surface area (Å²) < 4.78 is 10.3. The highest BCUT2D eigenvalue weighted by molar-refractivity contribution is 7.12. The van der Waals surface area contributed by atoms with Crippen LogP contribution in [-0.2, 0) is 11.2 Å². The van der Waals surface area contributed by atoms with E-state index >= 15 is 0 Å². The number of ether oxygens (including phenoxy) is 1. The van der Waals surface area contributed by atoms with E-state index in [-0.39, 0.29) is 18.3 Å². The molecule has 0 bridgehead atoms. The average molecular weight is 371 g/mol. The Morgan fingerprint density at radius 2 is 2.04 bits per heavy atom. The maximum absolute atomic E-state index is 12.0. The smallest absolute Gasteiger partial charge is 0.311 e. The number of hydrogen-bond donors (Lipinski definition) is 1. The summed E-state index contributed by atoms with van der Waals surface area (Å²) in [4.78, 5) is 28.6. The van der Waals surface area contributed by atoms with Crippen LogP contribution in [0.2, 0.25) is 0 Å². The van der Waals surface area contributed by atoms with Crippen molar-refractivity contribution >= 4 is 28.9 Å². The first-order chi connectivity index (χ1) is 12.6. The lowest BCUT2D eigenvalue weighted by Crippen LogP contribution is -2.10. The van der Waals surface area contributed by atoms with Gasteiger partial charge >= 0.3 is 5.97 Å². The van der Waals surface area contributed by atoms with E-state index < -0.39 is 0 Å². The minimum absolute atomic E-state index is 0.166. The number of carbonyl (C=O) groups excluding carboxylic acids is 2. The summed E-state index contributed by atoms with van der Waals surface area (Å²) in [5.41, 5.74) is 0.634. The van der Waals surface area contributed by atoms with E-state index in [2.05, 4.69) is 15.5 Å². The van der Waals surface area contributed by atoms with E-state index in [9.17, 15) is 9.59 Å². The minimum atomic E-state index is -0.336. The van der Waals surface area contributed by atoms with E-state index in [1.807, 2.05) is 11.4 Å². The molecule has 0 spiro atoms. The van der Waals surface area contributed by atoms with Crippen LogP contribution in [0.3, 0.4) is 0 Å². The first kappa shape index (κ1) is 17.8. The van der Waals surface area contributed by atoms with Gasteiger partial charge in [-0.2, -0.15) is 4.98 Å². The number of benzene rings is 1. The van der Waals surface area contributed by atoms with Gasteiger partial charge in [0.15, 0.2) is 5.82 Å². The summed E-state index contributed by atoms with van der Waals surface area (Å²) in [5, 5.41) is 8.33. The standard InChI is InChI=1S/C18H17N3O4S/c1-12-19-16(25-21-12)5-2-6-17(22)24-14-9-7-13(8-10-14)20-18(23)15-4-3-11-26-15/h3-4,7-11H,2,5-6H2,1H3,(H,20,23). The molecule has 0 aliphatic rings. The van der Waals surface area contributed by atoms with E-state index in [4.69, 9.17) is 9.26 Å². The van der Waals surface area contributed by atoms with Gasteiger partial charge in [-0.1, -0.05) is 11.2 Å². The molecule has 1 amide bonds. The number of aromatic nitrogens is 2. The van der Waals surface area contributed by atoms with Crippen LogP contribution in [0, 0.1) is 6.92 Å². The predicted molar refractivity (Wildman–Crippen MR) is 96.3 cm³/mol. The van der Waals surface area contributed by atoms with E-state index in [1.54, 1.807) is 37.3 Å². The van der Waals surface area contributed by atoms with Crippen molar-refractivity contribution in [1.82, 2.24) is 10.1 Å². The van der Waals surface area contributed by atoms with Crippen LogP contribution in [-0.4, -0.2) is 22.0 Å². The highest BCUT2D eigenvalue weighted by Gasteiger charge is 2.09. The molecule has 0 saturated heterocycles. The fraction of sp³-hybridized carbons (Fsp3) is 0.222. The molecule has 0 aliphatic carbocycles. The van der Waals surface area contributed by atoms with Crippen molar-refractivity contribution < 1.29 is 18.8 Å². The quantitative estimate of drug-likeness (QED) is 0.503. The van der Waals surface area contributed by atoms with Crippen molar-refractivity contribution in [2.75, 3.05) is 5.32 Å². The number of rotatable bonds is 7. The number of hydrogen-bond acceptors (Lipinski definition) is 7. The van der Waals surface area contributed by atoms with Crippen LogP contribution >= 0.6 is 11.3 Å².